The van der Waals surface area contributed by atoms with Crippen LogP contribution in [0.5, 0.6) is 0 Å². The second-order valence-corrected chi connectivity index (χ2v) is 32.1. The highest BCUT2D eigenvalue weighted by atomic mass is 32.1. The molecule has 13 rings (SSSR count). The number of hydrogen-bond donors (Lipinski definition) is 6. The maximum atomic E-state index is 12.0. The number of nitrogens with one attached hydrogen (secondary N) is 5. The first-order valence-corrected chi connectivity index (χ1v) is 37.8. The molecule has 4 fully saturated rings. The van der Waals surface area contributed by atoms with Gasteiger partial charge in [0, 0.05) is 64.1 Å². The summed E-state index contributed by atoms with van der Waals surface area (Å²) in [5.41, 5.74) is 8.61. The molecule has 7 heterocycles. The largest absolute Gasteiger partial charge is 0.519 e. The smallest absolute Gasteiger partial charge is 0.444 e. The molecular weight excluding hydrogens is 1270 g/mol. The maximum Gasteiger partial charge on any atom is 0.519 e. The van der Waals surface area contributed by atoms with E-state index in [-0.39, 0.29) is 19.6 Å². The van der Waals surface area contributed by atoms with Crippen molar-refractivity contribution in [1.82, 2.24) is 45.4 Å². The minimum atomic E-state index is -1.06. The number of anilines is 3. The average Bonchev–Trinajstić information content (AvgIpc) is 1.64. The Balaban J connectivity index is 0.000000172. The lowest BCUT2D eigenvalue weighted by Crippen LogP contribution is -2.42. The Bertz CT molecular complexity index is 3340. The van der Waals surface area contributed by atoms with Gasteiger partial charge >= 0.3 is 18.4 Å². The van der Waals surface area contributed by atoms with Gasteiger partial charge in [-0.2, -0.15) is 0 Å². The van der Waals surface area contributed by atoms with Crippen molar-refractivity contribution in [2.45, 2.75) is 291 Å². The Labute approximate surface area is 583 Å². The van der Waals surface area contributed by atoms with Gasteiger partial charge in [-0.15, -0.1) is 34.0 Å². The number of alkyl carbamates (subject to hydrolysis) is 1. The number of carbonyl (C=O) groups is 3. The normalized spacial score (nSPS) is 21.1. The maximum absolute atomic E-state index is 12.0. The highest BCUT2D eigenvalue weighted by Crippen LogP contribution is 2.43. The Morgan fingerprint density at radius 3 is 1.12 bits per heavy atom. The molecule has 534 valence electrons. The molecule has 0 atom stereocenters. The van der Waals surface area contributed by atoms with E-state index >= 15 is 0 Å². The van der Waals surface area contributed by atoms with E-state index in [4.69, 9.17) is 24.7 Å². The molecule has 6 aromatic rings. The lowest BCUT2D eigenvalue weighted by atomic mass is 9.91. The van der Waals surface area contributed by atoms with E-state index in [9.17, 15) is 14.4 Å². The molecule has 7 N–H and O–H groups in total. The first-order chi connectivity index (χ1) is 45.4. The van der Waals surface area contributed by atoms with Crippen LogP contribution in [0.1, 0.15) is 231 Å². The van der Waals surface area contributed by atoms with Crippen molar-refractivity contribution in [2.75, 3.05) is 55.8 Å². The average molecular weight is 1390 g/mol. The van der Waals surface area contributed by atoms with Crippen molar-refractivity contribution < 1.29 is 38.1 Å². The summed E-state index contributed by atoms with van der Waals surface area (Å²) < 4.78 is 24.1. The van der Waals surface area contributed by atoms with Crippen molar-refractivity contribution >= 4 is 101 Å². The summed E-state index contributed by atoms with van der Waals surface area (Å²) in [7, 11) is 2.07. The molecule has 7 aliphatic rings. The first kappa shape index (κ1) is 77.7. The topological polar surface area (TPSA) is 264 Å². The third kappa shape index (κ3) is 23.8. The second kappa shape index (κ2) is 37.0. The molecule has 0 bridgehead atoms. The van der Waals surface area contributed by atoms with E-state index in [1.165, 1.54) is 162 Å². The number of ether oxygens (including phenoxy) is 5. The number of thiophene rings is 3. The molecule has 21 nitrogen and oxygen atoms in total. The zero-order valence-electron chi connectivity index (χ0n) is 59.2. The predicted molar refractivity (Wildman–Crippen MR) is 394 cm³/mol. The standard InChI is InChI=1S/C20H28N4O2S.C16H22N4S.C15H20N4S.C10H18O5.C6H15N.C4H8O.CH4/c1-20(2,3)26-19(25)24-13-9-7-12(8-10-13)23-17-16-14-5-4-6-15(14)27-18(16)22-11-21-17;1-17-10-5-7-11(8-6-10)20-15-14-12-3-2-4-13(12)21-16(14)19-9-18-15;16-9-4-6-10(7-5-9)19-14-13-11-2-1-3-12(11)20-15(13)18-8-17-14;1-9(2,3)14-7(11)13-8(12)15-10(4,5)6;1-4-7(5-2)6-3;1-2-4-5-3-1;/h11-13H,4-10H2,1-3H3,(H,24,25)(H,21,22,23);9-11,17H,2-8H2,1H3,(H,18,19,20);8-10H,1-7,16H2,(H,17,18,19);1-6H3;4-6H2,1-3H3;1-4H2;1H4. The van der Waals surface area contributed by atoms with E-state index in [0.29, 0.717) is 30.2 Å². The van der Waals surface area contributed by atoms with Gasteiger partial charge in [0.2, 0.25) is 0 Å². The summed E-state index contributed by atoms with van der Waals surface area (Å²) in [5.74, 6) is 3.12. The molecule has 0 unspecified atom stereocenters. The summed E-state index contributed by atoms with van der Waals surface area (Å²) in [6, 6.07) is 2.74. The molecule has 0 aromatic carbocycles. The molecule has 1 saturated heterocycles. The highest BCUT2D eigenvalue weighted by Gasteiger charge is 2.30. The Kier molecular flexibility index (Phi) is 29.9. The summed E-state index contributed by atoms with van der Waals surface area (Å²) in [6.45, 7) is 27.8. The molecule has 1 aliphatic heterocycles. The number of aromatic nitrogens is 6. The zero-order valence-corrected chi connectivity index (χ0v) is 61.6. The van der Waals surface area contributed by atoms with E-state index in [0.717, 1.165) is 98.1 Å². The van der Waals surface area contributed by atoms with Crippen LogP contribution in [0.4, 0.5) is 31.8 Å². The van der Waals surface area contributed by atoms with Gasteiger partial charge < -0.3 is 60.9 Å². The summed E-state index contributed by atoms with van der Waals surface area (Å²) in [6.07, 6.45) is 29.6. The van der Waals surface area contributed by atoms with Gasteiger partial charge in [-0.1, -0.05) is 28.2 Å². The van der Waals surface area contributed by atoms with Crippen LogP contribution in [-0.4, -0.2) is 146 Å². The monoisotopic (exact) mass is 1390 g/mol. The van der Waals surface area contributed by atoms with Crippen LogP contribution in [0.15, 0.2) is 19.0 Å². The van der Waals surface area contributed by atoms with E-state index in [2.05, 4.69) is 93.9 Å². The molecule has 96 heavy (non-hydrogen) atoms. The summed E-state index contributed by atoms with van der Waals surface area (Å²) >= 11 is 5.54. The number of nitrogens with zero attached hydrogens (tertiary/aromatic N) is 7. The van der Waals surface area contributed by atoms with Crippen LogP contribution in [0.2, 0.25) is 0 Å². The van der Waals surface area contributed by atoms with Gasteiger partial charge in [-0.25, -0.2) is 44.3 Å². The second-order valence-electron chi connectivity index (χ2n) is 28.8. The highest BCUT2D eigenvalue weighted by molar-refractivity contribution is 7.19. The number of amides is 1. The van der Waals surface area contributed by atoms with Gasteiger partial charge in [-0.05, 0) is 253 Å². The van der Waals surface area contributed by atoms with Crippen LogP contribution < -0.4 is 32.3 Å². The fourth-order valence-electron chi connectivity index (χ4n) is 13.1. The number of fused-ring (bicyclic) bond motifs is 9. The fraction of sp³-hybridized carbons (Fsp3) is 0.708. The minimum Gasteiger partial charge on any atom is -0.444 e. The number of nitrogens with two attached hydrogens (primary N) is 1. The third-order valence-electron chi connectivity index (χ3n) is 18.0. The van der Waals surface area contributed by atoms with Crippen molar-refractivity contribution in [2.24, 2.45) is 5.73 Å². The Morgan fingerprint density at radius 1 is 0.490 bits per heavy atom. The number of rotatable bonds is 11. The van der Waals surface area contributed by atoms with Crippen LogP contribution in [0.3, 0.4) is 0 Å². The van der Waals surface area contributed by atoms with Crippen molar-refractivity contribution in [3.8, 4) is 0 Å². The van der Waals surface area contributed by atoms with Gasteiger partial charge in [0.05, 0.1) is 16.2 Å². The van der Waals surface area contributed by atoms with Crippen molar-refractivity contribution in [3.63, 3.8) is 0 Å². The minimum absolute atomic E-state index is 0. The molecule has 6 aliphatic carbocycles. The number of aryl methyl sites for hydroxylation is 6. The molecule has 0 radical (unpaired) electrons. The van der Waals surface area contributed by atoms with E-state index < -0.39 is 29.1 Å². The van der Waals surface area contributed by atoms with Crippen LogP contribution in [0, 0.1) is 0 Å². The number of hydrogen-bond acceptors (Lipinski definition) is 23. The molecular formula is C72H115N13O8S3. The number of carbonyl (C=O) groups excluding carboxylic acids is 3. The fourth-order valence-corrected chi connectivity index (χ4v) is 16.8. The lowest BCUT2D eigenvalue weighted by molar-refractivity contribution is -0.0294. The van der Waals surface area contributed by atoms with E-state index in [1.807, 2.05) is 54.8 Å². The molecule has 1 amide bonds. The third-order valence-corrected chi connectivity index (χ3v) is 21.6. The zero-order chi connectivity index (χ0) is 68.3. The van der Waals surface area contributed by atoms with Gasteiger partial charge in [0.1, 0.15) is 67.7 Å². The lowest BCUT2D eigenvalue weighted by Gasteiger charge is -2.30. The van der Waals surface area contributed by atoms with Crippen LogP contribution in [-0.2, 0) is 62.2 Å². The van der Waals surface area contributed by atoms with Crippen molar-refractivity contribution in [1.29, 1.82) is 0 Å². The first-order valence-electron chi connectivity index (χ1n) is 35.3. The van der Waals surface area contributed by atoms with Gasteiger partial charge in [-0.3, -0.25) is 0 Å². The predicted octanol–water partition coefficient (Wildman–Crippen LogP) is 16.1. The summed E-state index contributed by atoms with van der Waals surface area (Å²) in [4.78, 5) is 71.4. The Hall–Kier alpha value is -5.63. The molecule has 3 saturated carbocycles. The van der Waals surface area contributed by atoms with Crippen molar-refractivity contribution in [3.05, 3.63) is 50.3 Å². The van der Waals surface area contributed by atoms with Gasteiger partial charge in [0.15, 0.2) is 0 Å². The molecule has 6 aromatic heterocycles. The van der Waals surface area contributed by atoms with Crippen LogP contribution >= 0.6 is 34.0 Å². The van der Waals surface area contributed by atoms with Gasteiger partial charge in [0.25, 0.3) is 0 Å². The Morgan fingerprint density at radius 2 is 0.823 bits per heavy atom. The van der Waals surface area contributed by atoms with Crippen LogP contribution in [0.25, 0.3) is 30.6 Å². The molecule has 24 heteroatoms. The SMILES string of the molecule is C.C1CCOC1.CC(C)(C)OC(=O)NC1CCC(Nc2ncnc3sc4c(c23)CCC4)CC1.CC(C)(C)OC(=O)OC(=O)OC(C)(C)C.CCN(CC)CC.CNC1CCC(Nc2ncnc3sc4c(c23)CCC4)CC1.NC1CCC(Nc2ncnc3sc4c(c23)CCC4)CC1. The quantitative estimate of drug-likeness (QED) is 0.0400. The van der Waals surface area contributed by atoms with E-state index in [1.54, 1.807) is 60.5 Å². The summed E-state index contributed by atoms with van der Waals surface area (Å²) in [5, 5.41) is 21.3. The molecule has 0 spiro atoms.